The maximum Gasteiger partial charge on any atom is 0.307 e. The van der Waals surface area contributed by atoms with E-state index in [1.54, 1.807) is 24.0 Å². The number of carbonyl (C=O) groups excluding carboxylic acids is 2. The van der Waals surface area contributed by atoms with Crippen LogP contribution in [0.15, 0.2) is 72.8 Å². The second-order valence-electron chi connectivity index (χ2n) is 8.11. The molecule has 0 aliphatic heterocycles. The molecule has 3 N–H and O–H groups in total. The molecule has 0 saturated heterocycles. The van der Waals surface area contributed by atoms with Crippen LogP contribution < -0.4 is 16.0 Å². The van der Waals surface area contributed by atoms with E-state index in [4.69, 9.17) is 15.5 Å². The Hall–Kier alpha value is -4.04. The van der Waals surface area contributed by atoms with Crippen LogP contribution in [0.4, 0.5) is 17.1 Å². The third-order valence-corrected chi connectivity index (χ3v) is 5.74. The Labute approximate surface area is 216 Å². The summed E-state index contributed by atoms with van der Waals surface area (Å²) in [4.78, 5) is 31.8. The summed E-state index contributed by atoms with van der Waals surface area (Å²) in [5.74, 6) is 0.304. The van der Waals surface area contributed by atoms with Crippen molar-refractivity contribution >= 4 is 52.4 Å². The average molecular weight is 508 g/mol. The normalized spacial score (nSPS) is 10.5. The number of nitrogens with zero attached hydrogens (tertiary/aromatic N) is 3. The number of carbonyl (C=O) groups is 2. The molecule has 1 heterocycles. The number of hydrogen-bond acceptors (Lipinski definition) is 6. The van der Waals surface area contributed by atoms with Gasteiger partial charge in [0.05, 0.1) is 30.6 Å². The van der Waals surface area contributed by atoms with E-state index in [0.29, 0.717) is 24.4 Å². The molecule has 0 aliphatic rings. The first kappa shape index (κ1) is 26.6. The SMILES string of the molecule is CCOC(=O)CCN(C(=O)c1ccc2c(c1)nc(CNc1ccc(N)cc1)n2C)c1ccccc1.Cl. The molecule has 4 aromatic rings. The molecule has 4 rings (SSSR count). The van der Waals surface area contributed by atoms with Crippen molar-refractivity contribution in [1.82, 2.24) is 9.55 Å². The zero-order valence-electron chi connectivity index (χ0n) is 20.3. The van der Waals surface area contributed by atoms with Gasteiger partial charge in [0, 0.05) is 36.2 Å². The molecule has 1 aromatic heterocycles. The van der Waals surface area contributed by atoms with Gasteiger partial charge in [-0.25, -0.2) is 4.98 Å². The van der Waals surface area contributed by atoms with E-state index >= 15 is 0 Å². The van der Waals surface area contributed by atoms with Gasteiger partial charge in [0.1, 0.15) is 5.82 Å². The number of aromatic nitrogens is 2. The third-order valence-electron chi connectivity index (χ3n) is 5.74. The Morgan fingerprint density at radius 2 is 1.78 bits per heavy atom. The van der Waals surface area contributed by atoms with Gasteiger partial charge in [0.2, 0.25) is 0 Å². The van der Waals surface area contributed by atoms with E-state index in [0.717, 1.165) is 28.2 Å². The lowest BCUT2D eigenvalue weighted by Gasteiger charge is -2.22. The summed E-state index contributed by atoms with van der Waals surface area (Å²) in [6.45, 7) is 2.82. The quantitative estimate of drug-likeness (QED) is 0.249. The Morgan fingerprint density at radius 3 is 2.47 bits per heavy atom. The predicted octanol–water partition coefficient (Wildman–Crippen LogP) is 4.79. The van der Waals surface area contributed by atoms with Gasteiger partial charge in [-0.1, -0.05) is 18.2 Å². The highest BCUT2D eigenvalue weighted by atomic mass is 35.5. The number of aryl methyl sites for hydroxylation is 1. The van der Waals surface area contributed by atoms with Gasteiger partial charge in [-0.15, -0.1) is 12.4 Å². The van der Waals surface area contributed by atoms with Crippen LogP contribution in [0.2, 0.25) is 0 Å². The van der Waals surface area contributed by atoms with E-state index in [2.05, 4.69) is 5.32 Å². The lowest BCUT2D eigenvalue weighted by atomic mass is 10.1. The number of anilines is 3. The third kappa shape index (κ3) is 6.14. The second-order valence-corrected chi connectivity index (χ2v) is 8.11. The zero-order valence-corrected chi connectivity index (χ0v) is 21.1. The molecule has 3 aromatic carbocycles. The maximum absolute atomic E-state index is 13.5. The van der Waals surface area contributed by atoms with Crippen molar-refractivity contribution in [2.24, 2.45) is 7.05 Å². The first-order valence-electron chi connectivity index (χ1n) is 11.5. The monoisotopic (exact) mass is 507 g/mol. The largest absolute Gasteiger partial charge is 0.466 e. The van der Waals surface area contributed by atoms with Gasteiger partial charge < -0.3 is 25.3 Å². The van der Waals surface area contributed by atoms with Crippen LogP contribution in [-0.2, 0) is 23.1 Å². The number of amides is 1. The molecule has 36 heavy (non-hydrogen) atoms. The smallest absolute Gasteiger partial charge is 0.307 e. The van der Waals surface area contributed by atoms with Crippen molar-refractivity contribution in [3.8, 4) is 0 Å². The standard InChI is InChI=1S/C27H29N5O3.ClH/c1-3-35-26(33)15-16-32(22-7-5-4-6-8-22)27(34)19-9-14-24-23(17-19)30-25(31(24)2)18-29-21-12-10-20(28)11-13-21;/h4-14,17,29H,3,15-16,18,28H2,1-2H3;1H. The molecule has 8 nitrogen and oxygen atoms in total. The van der Waals surface area contributed by atoms with Gasteiger partial charge in [-0.3, -0.25) is 9.59 Å². The first-order valence-corrected chi connectivity index (χ1v) is 11.5. The molecule has 0 atom stereocenters. The number of benzene rings is 3. The fourth-order valence-corrected chi connectivity index (χ4v) is 3.87. The average Bonchev–Trinajstić information content (AvgIpc) is 3.19. The number of nitrogen functional groups attached to an aromatic ring is 1. The molecular weight excluding hydrogens is 478 g/mol. The first-order chi connectivity index (χ1) is 17.0. The molecule has 1 amide bonds. The number of nitrogens with two attached hydrogens (primary N) is 1. The Morgan fingerprint density at radius 1 is 1.06 bits per heavy atom. The summed E-state index contributed by atoms with van der Waals surface area (Å²) < 4.78 is 7.05. The highest BCUT2D eigenvalue weighted by Crippen LogP contribution is 2.22. The summed E-state index contributed by atoms with van der Waals surface area (Å²) in [7, 11) is 1.95. The molecule has 0 radical (unpaired) electrons. The van der Waals surface area contributed by atoms with Crippen molar-refractivity contribution < 1.29 is 14.3 Å². The Bertz CT molecular complexity index is 1320. The molecule has 0 fully saturated rings. The van der Waals surface area contributed by atoms with Crippen molar-refractivity contribution in [2.75, 3.05) is 29.1 Å². The van der Waals surface area contributed by atoms with E-state index in [1.165, 1.54) is 0 Å². The van der Waals surface area contributed by atoms with Crippen LogP contribution in [0.1, 0.15) is 29.5 Å². The Kier molecular flexibility index (Phi) is 8.91. The number of imidazole rings is 1. The van der Waals surface area contributed by atoms with Crippen LogP contribution in [0.3, 0.4) is 0 Å². The van der Waals surface area contributed by atoms with E-state index in [9.17, 15) is 9.59 Å². The highest BCUT2D eigenvalue weighted by Gasteiger charge is 2.20. The summed E-state index contributed by atoms with van der Waals surface area (Å²) in [6.07, 6.45) is 0.112. The van der Waals surface area contributed by atoms with Crippen LogP contribution in [0.25, 0.3) is 11.0 Å². The van der Waals surface area contributed by atoms with Gasteiger partial charge in [0.15, 0.2) is 0 Å². The summed E-state index contributed by atoms with van der Waals surface area (Å²) >= 11 is 0. The summed E-state index contributed by atoms with van der Waals surface area (Å²) in [5, 5.41) is 3.35. The van der Waals surface area contributed by atoms with E-state index in [-0.39, 0.29) is 37.2 Å². The Balaban J connectivity index is 0.00000361. The summed E-state index contributed by atoms with van der Waals surface area (Å²) in [5.41, 5.74) is 10.3. The minimum absolute atomic E-state index is 0. The van der Waals surface area contributed by atoms with E-state index in [1.807, 2.05) is 72.3 Å². The second kappa shape index (κ2) is 12.1. The van der Waals surface area contributed by atoms with Crippen LogP contribution in [-0.4, -0.2) is 34.6 Å². The molecule has 0 saturated carbocycles. The van der Waals surface area contributed by atoms with Crippen molar-refractivity contribution in [1.29, 1.82) is 0 Å². The molecule has 0 spiro atoms. The molecule has 9 heteroatoms. The van der Waals surface area contributed by atoms with Crippen molar-refractivity contribution in [3.05, 3.63) is 84.2 Å². The number of para-hydroxylation sites is 1. The minimum Gasteiger partial charge on any atom is -0.466 e. The number of hydrogen-bond donors (Lipinski definition) is 2. The number of fused-ring (bicyclic) bond motifs is 1. The number of rotatable bonds is 9. The number of nitrogens with one attached hydrogen (secondary N) is 1. The highest BCUT2D eigenvalue weighted by molar-refractivity contribution is 6.07. The maximum atomic E-state index is 13.5. The number of esters is 1. The lowest BCUT2D eigenvalue weighted by Crippen LogP contribution is -2.33. The van der Waals surface area contributed by atoms with Crippen LogP contribution >= 0.6 is 12.4 Å². The topological polar surface area (TPSA) is 102 Å². The van der Waals surface area contributed by atoms with Gasteiger partial charge in [-0.05, 0) is 61.5 Å². The van der Waals surface area contributed by atoms with Crippen LogP contribution in [0.5, 0.6) is 0 Å². The number of halogens is 1. The van der Waals surface area contributed by atoms with E-state index < -0.39 is 0 Å². The van der Waals surface area contributed by atoms with Crippen molar-refractivity contribution in [2.45, 2.75) is 19.9 Å². The molecule has 188 valence electrons. The lowest BCUT2D eigenvalue weighted by molar-refractivity contribution is -0.142. The summed E-state index contributed by atoms with van der Waals surface area (Å²) in [6, 6.07) is 22.3. The molecule has 0 bridgehead atoms. The van der Waals surface area contributed by atoms with Gasteiger partial charge in [0.25, 0.3) is 5.91 Å². The predicted molar refractivity (Wildman–Crippen MR) is 146 cm³/mol. The van der Waals surface area contributed by atoms with Gasteiger partial charge >= 0.3 is 5.97 Å². The molecule has 0 unspecified atom stereocenters. The molecule has 0 aliphatic carbocycles. The number of ether oxygens (including phenoxy) is 1. The minimum atomic E-state index is -0.334. The van der Waals surface area contributed by atoms with Crippen molar-refractivity contribution in [3.63, 3.8) is 0 Å². The van der Waals surface area contributed by atoms with Crippen LogP contribution in [0, 0.1) is 0 Å². The fraction of sp³-hybridized carbons (Fsp3) is 0.222. The van der Waals surface area contributed by atoms with Gasteiger partial charge in [-0.2, -0.15) is 0 Å². The fourth-order valence-electron chi connectivity index (χ4n) is 3.87. The molecular formula is C27H30ClN5O3. The zero-order chi connectivity index (χ0) is 24.8.